The van der Waals surface area contributed by atoms with E-state index in [1.54, 1.807) is 6.20 Å². The van der Waals surface area contributed by atoms with Crippen molar-refractivity contribution in [1.82, 2.24) is 15.0 Å². The summed E-state index contributed by atoms with van der Waals surface area (Å²) in [6.45, 7) is 0.0752. The molecular weight excluding hydrogens is 174 g/mol. The number of hydrogen-bond acceptors (Lipinski definition) is 5. The van der Waals surface area contributed by atoms with Crippen LogP contribution in [0.3, 0.4) is 0 Å². The van der Waals surface area contributed by atoms with Crippen LogP contribution in [0.5, 0.6) is 0 Å². The molecule has 0 fully saturated rings. The molecule has 1 rings (SSSR count). The second-order valence-corrected chi connectivity index (χ2v) is 2.46. The summed E-state index contributed by atoms with van der Waals surface area (Å²) in [7, 11) is 1.31. The Balaban J connectivity index is 2.53. The first-order chi connectivity index (χ1) is 6.26. The lowest BCUT2D eigenvalue weighted by atomic mass is 10.3. The van der Waals surface area contributed by atoms with Gasteiger partial charge in [0.05, 0.1) is 12.8 Å². The van der Waals surface area contributed by atoms with Crippen molar-refractivity contribution in [2.24, 2.45) is 0 Å². The van der Waals surface area contributed by atoms with Crippen LogP contribution >= 0.6 is 0 Å². The summed E-state index contributed by atoms with van der Waals surface area (Å²) in [6, 6.07) is 0. The predicted octanol–water partition coefficient (Wildman–Crippen LogP) is -1.01. The monoisotopic (exact) mass is 185 g/mol. The summed E-state index contributed by atoms with van der Waals surface area (Å²) < 4.78 is 5.82. The lowest BCUT2D eigenvalue weighted by molar-refractivity contribution is -0.141. The Kier molecular flexibility index (Phi) is 3.39. The molecule has 13 heavy (non-hydrogen) atoms. The number of aliphatic hydroxyl groups is 1. The highest BCUT2D eigenvalue weighted by atomic mass is 16.5. The predicted molar refractivity (Wildman–Crippen MR) is 42.8 cm³/mol. The third kappa shape index (κ3) is 2.83. The van der Waals surface area contributed by atoms with Crippen LogP contribution < -0.4 is 0 Å². The van der Waals surface area contributed by atoms with Crippen molar-refractivity contribution in [2.75, 3.05) is 13.7 Å². The van der Waals surface area contributed by atoms with Crippen LogP contribution in [0.25, 0.3) is 0 Å². The van der Waals surface area contributed by atoms with Gasteiger partial charge < -0.3 is 9.84 Å². The number of rotatable bonds is 4. The van der Waals surface area contributed by atoms with E-state index in [2.05, 4.69) is 15.0 Å². The van der Waals surface area contributed by atoms with Crippen molar-refractivity contribution in [1.29, 1.82) is 0 Å². The summed E-state index contributed by atoms with van der Waals surface area (Å²) in [5.74, 6) is -0.375. The second-order valence-electron chi connectivity index (χ2n) is 2.46. The van der Waals surface area contributed by atoms with E-state index in [0.717, 1.165) is 0 Å². The molecule has 0 spiro atoms. The van der Waals surface area contributed by atoms with Crippen LogP contribution in [0, 0.1) is 0 Å². The zero-order valence-corrected chi connectivity index (χ0v) is 7.30. The summed E-state index contributed by atoms with van der Waals surface area (Å²) in [5.41, 5.74) is 0.659. The first-order valence-corrected chi connectivity index (χ1v) is 3.83. The van der Waals surface area contributed by atoms with E-state index in [-0.39, 0.29) is 19.1 Å². The second kappa shape index (κ2) is 4.56. The van der Waals surface area contributed by atoms with Gasteiger partial charge in [-0.1, -0.05) is 5.21 Å². The maximum atomic E-state index is 10.8. The lowest BCUT2D eigenvalue weighted by Gasteiger charge is -1.96. The van der Waals surface area contributed by atoms with E-state index in [0.29, 0.717) is 12.1 Å². The van der Waals surface area contributed by atoms with Gasteiger partial charge in [0.2, 0.25) is 0 Å². The molecule has 0 unspecified atom stereocenters. The molecular formula is C7H11N3O3. The Hall–Kier alpha value is -1.43. The van der Waals surface area contributed by atoms with Gasteiger partial charge in [0, 0.05) is 19.2 Å². The van der Waals surface area contributed by atoms with Crippen LogP contribution in [0.2, 0.25) is 0 Å². The van der Waals surface area contributed by atoms with E-state index in [9.17, 15) is 4.79 Å². The molecule has 0 aliphatic carbocycles. The molecule has 0 bridgehead atoms. The number of ether oxygens (including phenoxy) is 1. The molecule has 0 aromatic carbocycles. The van der Waals surface area contributed by atoms with E-state index in [4.69, 9.17) is 5.11 Å². The molecule has 0 radical (unpaired) electrons. The molecule has 1 aromatic rings. The van der Waals surface area contributed by atoms with Gasteiger partial charge in [0.25, 0.3) is 0 Å². The van der Waals surface area contributed by atoms with Crippen molar-refractivity contribution < 1.29 is 14.6 Å². The largest absolute Gasteiger partial charge is 0.468 e. The third-order valence-electron chi connectivity index (χ3n) is 1.47. The Morgan fingerprint density at radius 1 is 1.77 bits per heavy atom. The van der Waals surface area contributed by atoms with Crippen molar-refractivity contribution in [3.05, 3.63) is 11.9 Å². The Morgan fingerprint density at radius 2 is 2.54 bits per heavy atom. The smallest absolute Gasteiger partial charge is 0.327 e. The maximum absolute atomic E-state index is 10.8. The first-order valence-electron chi connectivity index (χ1n) is 3.83. The van der Waals surface area contributed by atoms with Crippen LogP contribution in [0.1, 0.15) is 5.69 Å². The minimum Gasteiger partial charge on any atom is -0.468 e. The fourth-order valence-corrected chi connectivity index (χ4v) is 0.842. The normalized spacial score (nSPS) is 10.0. The van der Waals surface area contributed by atoms with Gasteiger partial charge >= 0.3 is 5.97 Å². The molecule has 0 saturated heterocycles. The van der Waals surface area contributed by atoms with Crippen molar-refractivity contribution in [3.63, 3.8) is 0 Å². The fraction of sp³-hybridized carbons (Fsp3) is 0.571. The van der Waals surface area contributed by atoms with Crippen LogP contribution in [0.4, 0.5) is 0 Å². The van der Waals surface area contributed by atoms with Crippen LogP contribution in [-0.2, 0) is 22.5 Å². The maximum Gasteiger partial charge on any atom is 0.327 e. The van der Waals surface area contributed by atoms with Gasteiger partial charge in [-0.2, -0.15) is 0 Å². The first kappa shape index (κ1) is 9.66. The highest BCUT2D eigenvalue weighted by Gasteiger charge is 2.04. The molecule has 0 amide bonds. The molecule has 6 heteroatoms. The fourth-order valence-electron chi connectivity index (χ4n) is 0.842. The molecule has 72 valence electrons. The summed E-state index contributed by atoms with van der Waals surface area (Å²) in [5, 5.41) is 16.0. The summed E-state index contributed by atoms with van der Waals surface area (Å²) >= 11 is 0. The summed E-state index contributed by atoms with van der Waals surface area (Å²) in [4.78, 5) is 10.8. The molecule has 1 aromatic heterocycles. The molecule has 6 nitrogen and oxygen atoms in total. The van der Waals surface area contributed by atoms with Crippen molar-refractivity contribution in [2.45, 2.75) is 13.0 Å². The highest BCUT2D eigenvalue weighted by molar-refractivity contribution is 5.68. The number of esters is 1. The number of methoxy groups -OCH3 is 1. The van der Waals surface area contributed by atoms with Gasteiger partial charge in [-0.05, 0) is 0 Å². The average molecular weight is 185 g/mol. The Bertz CT molecular complexity index is 284. The van der Waals surface area contributed by atoms with E-state index in [1.807, 2.05) is 0 Å². The Morgan fingerprint density at radius 3 is 3.15 bits per heavy atom. The lowest BCUT2D eigenvalue weighted by Crippen LogP contribution is -2.11. The zero-order valence-electron chi connectivity index (χ0n) is 7.30. The molecule has 0 aliphatic rings. The van der Waals surface area contributed by atoms with Crippen LogP contribution in [0.15, 0.2) is 6.20 Å². The molecule has 0 saturated carbocycles. The standard InChI is InChI=1S/C7H11N3O3/c1-13-7(12)5-10-4-6(2-3-11)8-9-10/h4,11H,2-3,5H2,1H3. The van der Waals surface area contributed by atoms with Crippen LogP contribution in [-0.4, -0.2) is 39.8 Å². The topological polar surface area (TPSA) is 77.2 Å². The summed E-state index contributed by atoms with van der Waals surface area (Å²) in [6.07, 6.45) is 2.05. The number of aliphatic hydroxyl groups excluding tert-OH is 1. The zero-order chi connectivity index (χ0) is 9.68. The van der Waals surface area contributed by atoms with Gasteiger partial charge in [0.1, 0.15) is 6.54 Å². The van der Waals surface area contributed by atoms with Crippen molar-refractivity contribution in [3.8, 4) is 0 Å². The minimum atomic E-state index is -0.375. The van der Waals surface area contributed by atoms with Gasteiger partial charge in [0.15, 0.2) is 0 Å². The number of aromatic nitrogens is 3. The minimum absolute atomic E-state index is 0.0247. The van der Waals surface area contributed by atoms with Gasteiger partial charge in [-0.25, -0.2) is 4.68 Å². The molecule has 1 heterocycles. The van der Waals surface area contributed by atoms with E-state index >= 15 is 0 Å². The number of hydrogen-bond donors (Lipinski definition) is 1. The highest BCUT2D eigenvalue weighted by Crippen LogP contribution is 1.93. The Labute approximate surface area is 75.1 Å². The number of carbonyl (C=O) groups is 1. The van der Waals surface area contributed by atoms with Crippen molar-refractivity contribution >= 4 is 5.97 Å². The average Bonchev–Trinajstić information content (AvgIpc) is 2.53. The molecule has 0 atom stereocenters. The molecule has 1 N–H and O–H groups in total. The quantitative estimate of drug-likeness (QED) is 0.608. The number of nitrogens with zero attached hydrogens (tertiary/aromatic N) is 3. The number of carbonyl (C=O) groups excluding carboxylic acids is 1. The van der Waals surface area contributed by atoms with Gasteiger partial charge in [-0.15, -0.1) is 5.10 Å². The van der Waals surface area contributed by atoms with Gasteiger partial charge in [-0.3, -0.25) is 4.79 Å². The molecule has 0 aliphatic heterocycles. The van der Waals surface area contributed by atoms with E-state index < -0.39 is 0 Å². The van der Waals surface area contributed by atoms with E-state index in [1.165, 1.54) is 11.8 Å². The third-order valence-corrected chi connectivity index (χ3v) is 1.47. The SMILES string of the molecule is COC(=O)Cn1cc(CCO)nn1.